The fourth-order valence-corrected chi connectivity index (χ4v) is 4.99. The van der Waals surface area contributed by atoms with Gasteiger partial charge in [0.2, 0.25) is 12.5 Å². The van der Waals surface area contributed by atoms with Crippen LogP contribution in [0.1, 0.15) is 38.9 Å². The van der Waals surface area contributed by atoms with Crippen molar-refractivity contribution in [1.82, 2.24) is 25.1 Å². The molecule has 2 aliphatic rings. The Morgan fingerprint density at radius 2 is 1.97 bits per heavy atom. The predicted molar refractivity (Wildman–Crippen MR) is 136 cm³/mol. The summed E-state index contributed by atoms with van der Waals surface area (Å²) in [7, 11) is 3.67. The van der Waals surface area contributed by atoms with Gasteiger partial charge in [0.25, 0.3) is 5.91 Å². The van der Waals surface area contributed by atoms with Crippen molar-refractivity contribution >= 4 is 11.6 Å². The van der Waals surface area contributed by atoms with Crippen molar-refractivity contribution in [3.8, 4) is 22.9 Å². The van der Waals surface area contributed by atoms with E-state index in [0.717, 1.165) is 41.0 Å². The number of nitrogens with zero attached hydrogens (tertiary/aromatic N) is 5. The summed E-state index contributed by atoms with van der Waals surface area (Å²) < 4.78 is 18.9. The van der Waals surface area contributed by atoms with Gasteiger partial charge in [0, 0.05) is 23.4 Å². The molecule has 0 spiro atoms. The Hall–Kier alpha value is -4.44. The first-order chi connectivity index (χ1) is 18.0. The summed E-state index contributed by atoms with van der Waals surface area (Å²) in [4.78, 5) is 15.0. The first-order valence-electron chi connectivity index (χ1n) is 12.0. The number of amides is 1. The van der Waals surface area contributed by atoms with E-state index in [4.69, 9.17) is 14.2 Å². The van der Waals surface area contributed by atoms with E-state index >= 15 is 0 Å². The fraction of sp³-hybridized carbons (Fsp3) is 0.259. The molecule has 1 amide bonds. The summed E-state index contributed by atoms with van der Waals surface area (Å²) in [6.07, 6.45) is 0.835. The second-order valence-corrected chi connectivity index (χ2v) is 9.17. The highest BCUT2D eigenvalue weighted by Gasteiger charge is 2.37. The third-order valence-electron chi connectivity index (χ3n) is 6.78. The van der Waals surface area contributed by atoms with Crippen LogP contribution in [0.4, 0.5) is 5.69 Å². The lowest BCUT2D eigenvalue weighted by atomic mass is 9.90. The van der Waals surface area contributed by atoms with Gasteiger partial charge in [-0.05, 0) is 84.4 Å². The van der Waals surface area contributed by atoms with Gasteiger partial charge in [0.05, 0.1) is 12.8 Å². The van der Waals surface area contributed by atoms with Gasteiger partial charge in [-0.1, -0.05) is 12.1 Å². The average molecular weight is 499 g/mol. The summed E-state index contributed by atoms with van der Waals surface area (Å²) in [5.74, 6) is 2.38. The maximum absolute atomic E-state index is 12.8. The summed E-state index contributed by atoms with van der Waals surface area (Å²) in [5, 5.41) is 15.6. The van der Waals surface area contributed by atoms with E-state index in [1.165, 1.54) is 0 Å². The van der Waals surface area contributed by atoms with Gasteiger partial charge < -0.3 is 19.5 Å². The Morgan fingerprint density at radius 1 is 1.14 bits per heavy atom. The standard InChI is InChI=1S/C27H26N6O4/c1-16-5-4-6-19(13-16)28-27(34)17-7-9-20(10-8-17)33-26(29-30-31-33)23-22-18(11-12-32(23)2)14-21-24(25(22)35-3)37-15-36-21/h4-10,13-14,23H,11-12,15H2,1-3H3,(H,28,34)/t23-/m1/s1. The minimum atomic E-state index is -0.271. The minimum absolute atomic E-state index is 0.163. The number of ether oxygens (including phenoxy) is 3. The van der Waals surface area contributed by atoms with Crippen LogP contribution in [0, 0.1) is 6.92 Å². The van der Waals surface area contributed by atoms with Gasteiger partial charge in [-0.3, -0.25) is 9.69 Å². The highest BCUT2D eigenvalue weighted by Crippen LogP contribution is 2.50. The SMILES string of the molecule is COc1c2c(cc3c1[C@H](c1nnnn1-c1ccc(C(=O)Nc4cccc(C)c4)cc1)N(C)CC3)OCO2. The molecule has 0 saturated carbocycles. The molecule has 0 fully saturated rings. The molecule has 188 valence electrons. The van der Waals surface area contributed by atoms with Crippen LogP contribution in [0.3, 0.4) is 0 Å². The molecule has 0 aliphatic carbocycles. The molecule has 6 rings (SSSR count). The molecular formula is C27H26N6O4. The van der Waals surface area contributed by atoms with Crippen molar-refractivity contribution in [2.45, 2.75) is 19.4 Å². The van der Waals surface area contributed by atoms with Crippen LogP contribution >= 0.6 is 0 Å². The zero-order valence-electron chi connectivity index (χ0n) is 20.8. The van der Waals surface area contributed by atoms with Gasteiger partial charge in [0.15, 0.2) is 17.3 Å². The molecule has 10 heteroatoms. The van der Waals surface area contributed by atoms with E-state index in [-0.39, 0.29) is 18.7 Å². The number of aryl methyl sites for hydroxylation is 1. The van der Waals surface area contributed by atoms with Crippen molar-refractivity contribution in [2.24, 2.45) is 0 Å². The van der Waals surface area contributed by atoms with Crippen molar-refractivity contribution < 1.29 is 19.0 Å². The normalized spacial score (nSPS) is 16.4. The number of likely N-dealkylation sites (N-methyl/N-ethyl adjacent to an activating group) is 1. The smallest absolute Gasteiger partial charge is 0.255 e. The van der Waals surface area contributed by atoms with Gasteiger partial charge in [-0.2, -0.15) is 4.68 Å². The largest absolute Gasteiger partial charge is 0.492 e. The summed E-state index contributed by atoms with van der Waals surface area (Å²) >= 11 is 0. The Labute approximate surface area is 213 Å². The number of carbonyl (C=O) groups excluding carboxylic acids is 1. The van der Waals surface area contributed by atoms with E-state index in [9.17, 15) is 4.79 Å². The minimum Gasteiger partial charge on any atom is -0.492 e. The number of nitrogens with one attached hydrogen (secondary N) is 1. The van der Waals surface area contributed by atoms with E-state index in [1.807, 2.05) is 56.4 Å². The summed E-state index contributed by atoms with van der Waals surface area (Å²) in [6, 6.07) is 16.7. The number of aromatic nitrogens is 4. The lowest BCUT2D eigenvalue weighted by Crippen LogP contribution is -2.35. The van der Waals surface area contributed by atoms with Crippen molar-refractivity contribution in [1.29, 1.82) is 0 Å². The second-order valence-electron chi connectivity index (χ2n) is 9.17. The number of hydrogen-bond acceptors (Lipinski definition) is 8. The van der Waals surface area contributed by atoms with Gasteiger partial charge in [0.1, 0.15) is 6.04 Å². The van der Waals surface area contributed by atoms with Crippen LogP contribution in [0.2, 0.25) is 0 Å². The van der Waals surface area contributed by atoms with E-state index in [1.54, 1.807) is 23.9 Å². The second kappa shape index (κ2) is 9.21. The highest BCUT2D eigenvalue weighted by molar-refractivity contribution is 6.04. The molecule has 3 aromatic carbocycles. The van der Waals surface area contributed by atoms with Crippen LogP contribution in [-0.4, -0.2) is 58.5 Å². The average Bonchev–Trinajstić information content (AvgIpc) is 3.57. The molecule has 0 saturated heterocycles. The maximum Gasteiger partial charge on any atom is 0.255 e. The predicted octanol–water partition coefficient (Wildman–Crippen LogP) is 3.54. The van der Waals surface area contributed by atoms with Crippen LogP contribution in [0.5, 0.6) is 17.2 Å². The first-order valence-corrected chi connectivity index (χ1v) is 12.0. The number of fused-ring (bicyclic) bond motifs is 2. The number of benzene rings is 3. The van der Waals surface area contributed by atoms with Crippen molar-refractivity contribution in [2.75, 3.05) is 32.8 Å². The summed E-state index contributed by atoms with van der Waals surface area (Å²) in [5.41, 5.74) is 5.19. The van der Waals surface area contributed by atoms with E-state index in [2.05, 4.69) is 25.7 Å². The van der Waals surface area contributed by atoms with Crippen LogP contribution < -0.4 is 19.5 Å². The Balaban J connectivity index is 1.33. The van der Waals surface area contributed by atoms with Crippen LogP contribution in [0.25, 0.3) is 5.69 Å². The van der Waals surface area contributed by atoms with Crippen molar-refractivity contribution in [3.05, 3.63) is 82.7 Å². The molecule has 0 radical (unpaired) electrons. The Kier molecular flexibility index (Phi) is 5.72. The Bertz CT molecular complexity index is 1480. The topological polar surface area (TPSA) is 104 Å². The third kappa shape index (κ3) is 4.05. The molecule has 2 aliphatic heterocycles. The molecule has 10 nitrogen and oxygen atoms in total. The van der Waals surface area contributed by atoms with E-state index in [0.29, 0.717) is 28.6 Å². The Morgan fingerprint density at radius 3 is 2.76 bits per heavy atom. The van der Waals surface area contributed by atoms with Crippen LogP contribution in [0.15, 0.2) is 54.6 Å². The number of methoxy groups -OCH3 is 1. The number of rotatable bonds is 5. The molecular weight excluding hydrogens is 472 g/mol. The molecule has 4 aromatic rings. The molecule has 37 heavy (non-hydrogen) atoms. The molecule has 1 atom stereocenters. The molecule has 3 heterocycles. The molecule has 0 bridgehead atoms. The van der Waals surface area contributed by atoms with E-state index < -0.39 is 0 Å². The number of hydrogen-bond donors (Lipinski definition) is 1. The zero-order valence-corrected chi connectivity index (χ0v) is 20.8. The van der Waals surface area contributed by atoms with Gasteiger partial charge in [-0.15, -0.1) is 5.10 Å². The number of carbonyl (C=O) groups is 1. The molecule has 1 aromatic heterocycles. The zero-order chi connectivity index (χ0) is 25.5. The highest BCUT2D eigenvalue weighted by atomic mass is 16.7. The van der Waals surface area contributed by atoms with Gasteiger partial charge >= 0.3 is 0 Å². The summed E-state index contributed by atoms with van der Waals surface area (Å²) in [6.45, 7) is 2.96. The molecule has 1 N–H and O–H groups in total. The monoisotopic (exact) mass is 498 g/mol. The maximum atomic E-state index is 12.8. The number of anilines is 1. The lowest BCUT2D eigenvalue weighted by molar-refractivity contribution is 0.102. The lowest BCUT2D eigenvalue weighted by Gasteiger charge is -2.34. The van der Waals surface area contributed by atoms with Gasteiger partial charge in [-0.25, -0.2) is 0 Å². The van der Waals surface area contributed by atoms with Crippen molar-refractivity contribution in [3.63, 3.8) is 0 Å². The third-order valence-corrected chi connectivity index (χ3v) is 6.78. The number of tetrazole rings is 1. The quantitative estimate of drug-likeness (QED) is 0.446. The fourth-order valence-electron chi connectivity index (χ4n) is 4.99. The molecule has 0 unspecified atom stereocenters. The van der Waals surface area contributed by atoms with Crippen LogP contribution in [-0.2, 0) is 6.42 Å². The first kappa shape index (κ1) is 23.0.